The minimum Gasteiger partial charge on any atom is -0.784 e. The monoisotopic (exact) mass is 254 g/mol. The van der Waals surface area contributed by atoms with E-state index < -0.39 is 0 Å². The van der Waals surface area contributed by atoms with E-state index in [1.165, 1.54) is 5.06 Å². The van der Waals surface area contributed by atoms with Crippen LogP contribution in [-0.4, -0.2) is 5.06 Å². The summed E-state index contributed by atoms with van der Waals surface area (Å²) in [5, 5.41) is 13.7. The molecule has 0 fully saturated rings. The second kappa shape index (κ2) is 6.50. The van der Waals surface area contributed by atoms with Crippen molar-refractivity contribution in [3.05, 3.63) is 77.0 Å². The molecule has 0 saturated carbocycles. The van der Waals surface area contributed by atoms with E-state index in [1.807, 2.05) is 60.7 Å². The van der Waals surface area contributed by atoms with Gasteiger partial charge in [0.2, 0.25) is 0 Å². The summed E-state index contributed by atoms with van der Waals surface area (Å²) in [5.74, 6) is 0.281. The zero-order chi connectivity index (χ0) is 13.7. The van der Waals surface area contributed by atoms with Crippen molar-refractivity contribution in [1.82, 2.24) is 5.06 Å². The number of hydrogen-bond donors (Lipinski definition) is 0. The van der Waals surface area contributed by atoms with E-state index in [-0.39, 0.29) is 12.0 Å². The van der Waals surface area contributed by atoms with Gasteiger partial charge in [-0.15, -0.1) is 0 Å². The van der Waals surface area contributed by atoms with Crippen molar-refractivity contribution in [2.45, 2.75) is 26.4 Å². The van der Waals surface area contributed by atoms with Crippen LogP contribution < -0.4 is 0 Å². The third kappa shape index (κ3) is 3.66. The molecule has 1 unspecified atom stereocenters. The topological polar surface area (TPSA) is 26.3 Å². The molecule has 0 aliphatic rings. The summed E-state index contributed by atoms with van der Waals surface area (Å²) in [4.78, 5) is 0. The van der Waals surface area contributed by atoms with Gasteiger partial charge in [0.25, 0.3) is 0 Å². The van der Waals surface area contributed by atoms with Gasteiger partial charge in [0.05, 0.1) is 0 Å². The number of benzene rings is 2. The Hall–Kier alpha value is -1.64. The smallest absolute Gasteiger partial charge is 0.0257 e. The van der Waals surface area contributed by atoms with Crippen LogP contribution in [0.25, 0.3) is 0 Å². The first-order valence-corrected chi connectivity index (χ1v) is 6.71. The van der Waals surface area contributed by atoms with Gasteiger partial charge >= 0.3 is 0 Å². The number of nitrogens with zero attached hydrogens (tertiary/aromatic N) is 1. The maximum Gasteiger partial charge on any atom is 0.0257 e. The van der Waals surface area contributed by atoms with E-state index in [1.54, 1.807) is 0 Å². The van der Waals surface area contributed by atoms with Crippen molar-refractivity contribution in [2.24, 2.45) is 5.92 Å². The maximum absolute atomic E-state index is 12.5. The van der Waals surface area contributed by atoms with Crippen LogP contribution in [0.15, 0.2) is 60.7 Å². The molecule has 2 nitrogen and oxygen atoms in total. The van der Waals surface area contributed by atoms with E-state index in [4.69, 9.17) is 0 Å². The lowest BCUT2D eigenvalue weighted by molar-refractivity contribution is 0.216. The summed E-state index contributed by atoms with van der Waals surface area (Å²) in [6, 6.07) is 19.8. The average Bonchev–Trinajstić information content (AvgIpc) is 2.40. The third-order valence-corrected chi connectivity index (χ3v) is 3.26. The quantitative estimate of drug-likeness (QED) is 0.740. The van der Waals surface area contributed by atoms with Gasteiger partial charge < -0.3 is 10.3 Å². The van der Waals surface area contributed by atoms with E-state index in [0.717, 1.165) is 11.1 Å². The molecule has 0 saturated heterocycles. The van der Waals surface area contributed by atoms with Crippen LogP contribution in [0.2, 0.25) is 0 Å². The Morgan fingerprint density at radius 1 is 0.895 bits per heavy atom. The lowest BCUT2D eigenvalue weighted by Crippen LogP contribution is -2.26. The van der Waals surface area contributed by atoms with Gasteiger partial charge in [-0.3, -0.25) is 0 Å². The largest absolute Gasteiger partial charge is 0.784 e. The number of hydroxylamine groups is 2. The fourth-order valence-electron chi connectivity index (χ4n) is 2.40. The number of rotatable bonds is 5. The first-order chi connectivity index (χ1) is 9.18. The van der Waals surface area contributed by atoms with Crippen LogP contribution in [0.4, 0.5) is 0 Å². The molecule has 2 rings (SSSR count). The minimum absolute atomic E-state index is 0.0959. The van der Waals surface area contributed by atoms with Gasteiger partial charge in [-0.1, -0.05) is 74.5 Å². The zero-order valence-corrected chi connectivity index (χ0v) is 11.5. The molecular weight excluding hydrogens is 234 g/mol. The van der Waals surface area contributed by atoms with Gasteiger partial charge in [-0.25, -0.2) is 0 Å². The second-order valence-corrected chi connectivity index (χ2v) is 5.16. The summed E-state index contributed by atoms with van der Waals surface area (Å²) >= 11 is 0. The molecule has 2 heteroatoms. The van der Waals surface area contributed by atoms with Crippen LogP contribution in [0.1, 0.15) is 31.0 Å². The summed E-state index contributed by atoms with van der Waals surface area (Å²) in [5.41, 5.74) is 2.14. The van der Waals surface area contributed by atoms with E-state index >= 15 is 0 Å². The van der Waals surface area contributed by atoms with E-state index in [2.05, 4.69) is 13.8 Å². The normalized spacial score (nSPS) is 12.9. The Morgan fingerprint density at radius 3 is 1.95 bits per heavy atom. The molecule has 0 aliphatic carbocycles. The Labute approximate surface area is 115 Å². The standard InChI is InChI=1S/C17H20NO/c1-14(2)17(16-11-7-4-8-12-16)18(19)13-15-9-5-3-6-10-15/h3-12,14,17H,13H2,1-2H3/q-1. The summed E-state index contributed by atoms with van der Waals surface area (Å²) < 4.78 is 0. The van der Waals surface area contributed by atoms with Gasteiger partial charge in [-0.2, -0.15) is 0 Å². The molecule has 2 aromatic rings. The predicted octanol–water partition coefficient (Wildman–Crippen LogP) is 4.38. The zero-order valence-electron chi connectivity index (χ0n) is 11.5. The maximum atomic E-state index is 12.5. The predicted molar refractivity (Wildman–Crippen MR) is 79.4 cm³/mol. The molecule has 0 aliphatic heterocycles. The molecule has 0 radical (unpaired) electrons. The Kier molecular flexibility index (Phi) is 4.72. The molecule has 19 heavy (non-hydrogen) atoms. The summed E-state index contributed by atoms with van der Waals surface area (Å²) in [7, 11) is 0. The van der Waals surface area contributed by atoms with Crippen LogP contribution in [0.3, 0.4) is 0 Å². The highest BCUT2D eigenvalue weighted by molar-refractivity contribution is 5.21. The molecule has 0 amide bonds. The molecule has 0 bridgehead atoms. The lowest BCUT2D eigenvalue weighted by atomic mass is 9.95. The van der Waals surface area contributed by atoms with Crippen LogP contribution in [0, 0.1) is 11.1 Å². The summed E-state index contributed by atoms with van der Waals surface area (Å²) in [6.45, 7) is 4.61. The summed E-state index contributed by atoms with van der Waals surface area (Å²) in [6.07, 6.45) is 0. The highest BCUT2D eigenvalue weighted by Crippen LogP contribution is 2.28. The first kappa shape index (κ1) is 13.8. The molecule has 0 N–H and O–H groups in total. The van der Waals surface area contributed by atoms with Gasteiger partial charge in [-0.05, 0) is 17.0 Å². The van der Waals surface area contributed by atoms with Crippen LogP contribution in [-0.2, 0) is 6.54 Å². The molecule has 1 atom stereocenters. The fourth-order valence-corrected chi connectivity index (χ4v) is 2.40. The Balaban J connectivity index is 2.16. The molecule has 0 heterocycles. The van der Waals surface area contributed by atoms with Crippen molar-refractivity contribution in [1.29, 1.82) is 0 Å². The van der Waals surface area contributed by atoms with Crippen molar-refractivity contribution in [2.75, 3.05) is 0 Å². The molecule has 0 spiro atoms. The Morgan fingerprint density at radius 2 is 1.42 bits per heavy atom. The second-order valence-electron chi connectivity index (χ2n) is 5.16. The van der Waals surface area contributed by atoms with E-state index in [9.17, 15) is 5.21 Å². The molecule has 0 aromatic heterocycles. The van der Waals surface area contributed by atoms with Crippen molar-refractivity contribution in [3.8, 4) is 0 Å². The molecular formula is C17H20NO-. The SMILES string of the molecule is CC(C)C(c1ccccc1)N([O-])Cc1ccccc1. The van der Waals surface area contributed by atoms with Gasteiger partial charge in [0.1, 0.15) is 0 Å². The average molecular weight is 254 g/mol. The highest BCUT2D eigenvalue weighted by atomic mass is 16.5. The van der Waals surface area contributed by atoms with Gasteiger partial charge in [0.15, 0.2) is 0 Å². The first-order valence-electron chi connectivity index (χ1n) is 6.71. The highest BCUT2D eigenvalue weighted by Gasteiger charge is 2.17. The van der Waals surface area contributed by atoms with Crippen LogP contribution in [0.5, 0.6) is 0 Å². The van der Waals surface area contributed by atoms with E-state index in [0.29, 0.717) is 6.54 Å². The fraction of sp³-hybridized carbons (Fsp3) is 0.294. The number of hydrogen-bond acceptors (Lipinski definition) is 2. The lowest BCUT2D eigenvalue weighted by Gasteiger charge is -2.40. The van der Waals surface area contributed by atoms with Crippen molar-refractivity contribution >= 4 is 0 Å². The minimum atomic E-state index is -0.0959. The third-order valence-electron chi connectivity index (χ3n) is 3.26. The van der Waals surface area contributed by atoms with Gasteiger partial charge in [0, 0.05) is 12.6 Å². The Bertz CT molecular complexity index is 481. The molecule has 100 valence electrons. The molecule has 2 aromatic carbocycles. The van der Waals surface area contributed by atoms with Crippen molar-refractivity contribution in [3.63, 3.8) is 0 Å². The van der Waals surface area contributed by atoms with Crippen LogP contribution >= 0.6 is 0 Å². The van der Waals surface area contributed by atoms with Crippen molar-refractivity contribution < 1.29 is 0 Å².